The van der Waals surface area contributed by atoms with Crippen LogP contribution in [0.3, 0.4) is 0 Å². The van der Waals surface area contributed by atoms with E-state index in [2.05, 4.69) is 13.8 Å². The molecule has 1 saturated heterocycles. The van der Waals surface area contributed by atoms with Crippen LogP contribution >= 0.6 is 11.6 Å². The van der Waals surface area contributed by atoms with Gasteiger partial charge in [0, 0.05) is 11.3 Å². The smallest absolute Gasteiger partial charge is 0.300 e. The Labute approximate surface area is 222 Å². The van der Waals surface area contributed by atoms with Crippen LogP contribution in [0.2, 0.25) is 5.02 Å². The summed E-state index contributed by atoms with van der Waals surface area (Å²) in [5.41, 5.74) is 2.30. The van der Waals surface area contributed by atoms with E-state index in [1.54, 1.807) is 42.5 Å². The lowest BCUT2D eigenvalue weighted by atomic mass is 9.92. The number of halogens is 1. The summed E-state index contributed by atoms with van der Waals surface area (Å²) < 4.78 is 11.3. The third-order valence-corrected chi connectivity index (χ3v) is 6.46. The summed E-state index contributed by atoms with van der Waals surface area (Å²) in [4.78, 5) is 28.3. The van der Waals surface area contributed by atoms with Gasteiger partial charge in [-0.25, -0.2) is 0 Å². The normalized spacial score (nSPS) is 16.9. The summed E-state index contributed by atoms with van der Waals surface area (Å²) >= 11 is 6.43. The number of amides is 1. The summed E-state index contributed by atoms with van der Waals surface area (Å²) in [6.07, 6.45) is 0. The molecule has 6 nitrogen and oxygen atoms in total. The van der Waals surface area contributed by atoms with Crippen molar-refractivity contribution >= 4 is 34.7 Å². The van der Waals surface area contributed by atoms with Crippen LogP contribution in [-0.2, 0) is 9.59 Å². The maximum absolute atomic E-state index is 13.5. The second-order valence-corrected chi connectivity index (χ2v) is 9.71. The third kappa shape index (κ3) is 5.35. The summed E-state index contributed by atoms with van der Waals surface area (Å²) in [5.74, 6) is -0.344. The highest BCUT2D eigenvalue weighted by atomic mass is 35.5. The highest BCUT2D eigenvalue weighted by Crippen LogP contribution is 2.44. The van der Waals surface area contributed by atoms with E-state index in [1.807, 2.05) is 38.1 Å². The van der Waals surface area contributed by atoms with Crippen LogP contribution in [0, 0.1) is 12.8 Å². The van der Waals surface area contributed by atoms with Gasteiger partial charge in [0.05, 0.1) is 29.9 Å². The summed E-state index contributed by atoms with van der Waals surface area (Å²) in [6.45, 7) is 8.86. The first-order valence-electron chi connectivity index (χ1n) is 12.2. The van der Waals surface area contributed by atoms with E-state index in [-0.39, 0.29) is 21.9 Å². The van der Waals surface area contributed by atoms with E-state index in [9.17, 15) is 14.7 Å². The molecule has 1 amide bonds. The molecule has 1 heterocycles. The fourth-order valence-corrected chi connectivity index (χ4v) is 4.55. The molecule has 1 fully saturated rings. The van der Waals surface area contributed by atoms with Gasteiger partial charge in [-0.2, -0.15) is 0 Å². The topological polar surface area (TPSA) is 76.1 Å². The zero-order chi connectivity index (χ0) is 26.7. The third-order valence-electron chi connectivity index (χ3n) is 6.13. The van der Waals surface area contributed by atoms with Gasteiger partial charge in [0.15, 0.2) is 0 Å². The fraction of sp³-hybridized carbons (Fsp3) is 0.267. The van der Waals surface area contributed by atoms with E-state index in [4.69, 9.17) is 21.1 Å². The molecule has 1 aliphatic heterocycles. The molecule has 1 aliphatic rings. The number of ether oxygens (including phenoxy) is 2. The van der Waals surface area contributed by atoms with Crippen molar-refractivity contribution in [1.29, 1.82) is 0 Å². The van der Waals surface area contributed by atoms with Crippen LogP contribution in [0.15, 0.2) is 72.3 Å². The first-order chi connectivity index (χ1) is 17.7. The Morgan fingerprint density at radius 2 is 1.68 bits per heavy atom. The molecule has 3 aromatic rings. The quantitative estimate of drug-likeness (QED) is 0.203. The van der Waals surface area contributed by atoms with Crippen LogP contribution in [-0.4, -0.2) is 30.0 Å². The van der Waals surface area contributed by atoms with Crippen molar-refractivity contribution in [3.8, 4) is 11.5 Å². The van der Waals surface area contributed by atoms with Gasteiger partial charge in [-0.15, -0.1) is 0 Å². The summed E-state index contributed by atoms with van der Waals surface area (Å²) in [6, 6.07) is 18.5. The largest absolute Gasteiger partial charge is 0.507 e. The zero-order valence-electron chi connectivity index (χ0n) is 21.3. The number of nitrogens with zero attached hydrogens (tertiary/aromatic N) is 1. The van der Waals surface area contributed by atoms with E-state index >= 15 is 0 Å². The van der Waals surface area contributed by atoms with Crippen molar-refractivity contribution in [3.05, 3.63) is 94.0 Å². The maximum Gasteiger partial charge on any atom is 0.300 e. The Morgan fingerprint density at radius 3 is 2.32 bits per heavy atom. The van der Waals surface area contributed by atoms with Gasteiger partial charge >= 0.3 is 0 Å². The summed E-state index contributed by atoms with van der Waals surface area (Å²) in [7, 11) is 0. The number of hydrogen-bond acceptors (Lipinski definition) is 5. The monoisotopic (exact) mass is 519 g/mol. The molecule has 37 heavy (non-hydrogen) atoms. The van der Waals surface area contributed by atoms with Gasteiger partial charge in [-0.1, -0.05) is 49.7 Å². The number of hydrogen-bond donors (Lipinski definition) is 1. The van der Waals surface area contributed by atoms with Crippen LogP contribution in [0.1, 0.15) is 43.5 Å². The molecule has 0 radical (unpaired) electrons. The SMILES string of the molecule is CCOc1ccc(Cl)c(/C(O)=C2\C(=O)C(=O)N(c3ccc(OCC(C)C)cc3)C2c2ccccc2C)c1. The number of aryl methyl sites for hydroxylation is 1. The van der Waals surface area contributed by atoms with E-state index in [0.717, 1.165) is 11.1 Å². The predicted octanol–water partition coefficient (Wildman–Crippen LogP) is 6.71. The maximum atomic E-state index is 13.5. The Balaban J connectivity index is 1.87. The van der Waals surface area contributed by atoms with Gasteiger partial charge in [0.1, 0.15) is 17.3 Å². The number of aliphatic hydroxyl groups excluding tert-OH is 1. The molecular formula is C30H30ClNO5. The van der Waals surface area contributed by atoms with Crippen molar-refractivity contribution in [2.45, 2.75) is 33.7 Å². The van der Waals surface area contributed by atoms with Gasteiger partial charge in [-0.3, -0.25) is 14.5 Å². The molecule has 0 spiro atoms. The molecule has 0 aromatic heterocycles. The van der Waals surface area contributed by atoms with Crippen molar-refractivity contribution in [2.75, 3.05) is 18.1 Å². The molecule has 0 bridgehead atoms. The Bertz CT molecular complexity index is 1350. The van der Waals surface area contributed by atoms with Gasteiger partial charge in [0.25, 0.3) is 11.7 Å². The summed E-state index contributed by atoms with van der Waals surface area (Å²) in [5, 5.41) is 11.7. The number of anilines is 1. The van der Waals surface area contributed by atoms with E-state index < -0.39 is 17.7 Å². The number of Topliss-reactive ketones (excluding diaryl/α,β-unsaturated/α-hetero) is 1. The molecule has 1 N–H and O–H groups in total. The van der Waals surface area contributed by atoms with Crippen molar-refractivity contribution in [1.82, 2.24) is 0 Å². The van der Waals surface area contributed by atoms with E-state index in [1.165, 1.54) is 4.90 Å². The first-order valence-corrected chi connectivity index (χ1v) is 12.6. The zero-order valence-corrected chi connectivity index (χ0v) is 22.1. The predicted molar refractivity (Wildman–Crippen MR) is 145 cm³/mol. The molecular weight excluding hydrogens is 490 g/mol. The average molecular weight is 520 g/mol. The number of carbonyl (C=O) groups excluding carboxylic acids is 2. The first kappa shape index (κ1) is 26.3. The van der Waals surface area contributed by atoms with Crippen molar-refractivity contribution in [3.63, 3.8) is 0 Å². The minimum atomic E-state index is -0.851. The number of aliphatic hydroxyl groups is 1. The molecule has 4 rings (SSSR count). The minimum Gasteiger partial charge on any atom is -0.507 e. The number of ketones is 1. The minimum absolute atomic E-state index is 0.0324. The van der Waals surface area contributed by atoms with Gasteiger partial charge in [0.2, 0.25) is 0 Å². The van der Waals surface area contributed by atoms with Crippen LogP contribution in [0.4, 0.5) is 5.69 Å². The highest BCUT2D eigenvalue weighted by Gasteiger charge is 2.47. The molecule has 7 heteroatoms. The fourth-order valence-electron chi connectivity index (χ4n) is 4.34. The van der Waals surface area contributed by atoms with Gasteiger partial charge < -0.3 is 14.6 Å². The van der Waals surface area contributed by atoms with Crippen LogP contribution in [0.25, 0.3) is 5.76 Å². The molecule has 0 aliphatic carbocycles. The lowest BCUT2D eigenvalue weighted by molar-refractivity contribution is -0.132. The molecule has 3 aromatic carbocycles. The lowest BCUT2D eigenvalue weighted by Crippen LogP contribution is -2.29. The standard InChI is InChI=1S/C30H30ClNO5/c1-5-36-22-14-15-25(31)24(16-22)28(33)26-27(23-9-7-6-8-19(23)4)32(30(35)29(26)34)20-10-12-21(13-11-20)37-17-18(2)3/h6-16,18,27,33H,5,17H2,1-4H3/b28-26+. The Hall–Kier alpha value is -3.77. The van der Waals surface area contributed by atoms with Crippen molar-refractivity contribution in [2.24, 2.45) is 5.92 Å². The highest BCUT2D eigenvalue weighted by molar-refractivity contribution is 6.52. The second-order valence-electron chi connectivity index (χ2n) is 9.30. The molecule has 192 valence electrons. The van der Waals surface area contributed by atoms with Crippen LogP contribution < -0.4 is 14.4 Å². The molecule has 1 unspecified atom stereocenters. The van der Waals surface area contributed by atoms with Crippen molar-refractivity contribution < 1.29 is 24.2 Å². The Kier molecular flexibility index (Phi) is 7.89. The second kappa shape index (κ2) is 11.1. The number of rotatable bonds is 8. The Morgan fingerprint density at radius 1 is 1.00 bits per heavy atom. The number of benzene rings is 3. The number of carbonyl (C=O) groups is 2. The lowest BCUT2D eigenvalue weighted by Gasteiger charge is -2.27. The molecule has 1 atom stereocenters. The van der Waals surface area contributed by atoms with Gasteiger partial charge in [-0.05, 0) is 73.4 Å². The van der Waals surface area contributed by atoms with E-state index in [0.29, 0.717) is 36.3 Å². The average Bonchev–Trinajstić information content (AvgIpc) is 3.14. The molecule has 0 saturated carbocycles. The van der Waals surface area contributed by atoms with Crippen LogP contribution in [0.5, 0.6) is 11.5 Å².